The molecule has 0 aromatic rings. The molecule has 3 aliphatic rings. The summed E-state index contributed by atoms with van der Waals surface area (Å²) >= 11 is 0. The summed E-state index contributed by atoms with van der Waals surface area (Å²) in [6.45, 7) is 13.7. The van der Waals surface area contributed by atoms with Gasteiger partial charge in [-0.1, -0.05) is 50.3 Å². The third-order valence-corrected chi connectivity index (χ3v) is 8.90. The van der Waals surface area contributed by atoms with Crippen molar-refractivity contribution in [3.05, 3.63) is 47.6 Å². The van der Waals surface area contributed by atoms with Gasteiger partial charge in [-0.25, -0.2) is 0 Å². The van der Waals surface area contributed by atoms with Crippen LogP contribution in [0.15, 0.2) is 47.6 Å². The first kappa shape index (κ1) is 25.4. The second-order valence-corrected chi connectivity index (χ2v) is 11.6. The Morgan fingerprint density at radius 1 is 1.12 bits per heavy atom. The van der Waals surface area contributed by atoms with Gasteiger partial charge in [0.25, 0.3) is 0 Å². The van der Waals surface area contributed by atoms with Gasteiger partial charge in [-0.2, -0.15) is 0 Å². The van der Waals surface area contributed by atoms with Gasteiger partial charge in [0.15, 0.2) is 0 Å². The minimum Gasteiger partial charge on any atom is -0.393 e. The van der Waals surface area contributed by atoms with Crippen LogP contribution in [0.4, 0.5) is 0 Å². The van der Waals surface area contributed by atoms with Gasteiger partial charge in [-0.3, -0.25) is 0 Å². The zero-order chi connectivity index (χ0) is 23.9. The van der Waals surface area contributed by atoms with Gasteiger partial charge in [-0.15, -0.1) is 0 Å². The van der Waals surface area contributed by atoms with Crippen molar-refractivity contribution in [3.8, 4) is 0 Å². The molecule has 0 saturated heterocycles. The summed E-state index contributed by atoms with van der Waals surface area (Å²) in [6.07, 6.45) is 13.8. The first-order valence-electron chi connectivity index (χ1n) is 12.4. The van der Waals surface area contributed by atoms with E-state index in [0.29, 0.717) is 30.6 Å². The summed E-state index contributed by atoms with van der Waals surface area (Å²) < 4.78 is 0. The quantitative estimate of drug-likeness (QED) is 0.457. The highest BCUT2D eigenvalue weighted by Crippen LogP contribution is 2.59. The summed E-state index contributed by atoms with van der Waals surface area (Å²) in [5.41, 5.74) is 0.958. The van der Waals surface area contributed by atoms with E-state index in [1.54, 1.807) is 26.8 Å². The lowest BCUT2D eigenvalue weighted by molar-refractivity contribution is -0.0886. The van der Waals surface area contributed by atoms with Crippen LogP contribution in [0.5, 0.6) is 0 Å². The third kappa shape index (κ3) is 4.99. The molecule has 180 valence electrons. The van der Waals surface area contributed by atoms with Crippen LogP contribution in [0, 0.1) is 23.2 Å². The number of aliphatic hydroxyl groups excluding tert-OH is 2. The fourth-order valence-corrected chi connectivity index (χ4v) is 6.29. The van der Waals surface area contributed by atoms with Gasteiger partial charge >= 0.3 is 0 Å². The molecule has 3 fully saturated rings. The van der Waals surface area contributed by atoms with Crippen LogP contribution in [0.1, 0.15) is 79.6 Å². The Hall–Kier alpha value is -1.20. The molecule has 1 unspecified atom stereocenters. The average Bonchev–Trinajstić information content (AvgIpc) is 3.04. The van der Waals surface area contributed by atoms with Crippen molar-refractivity contribution in [2.45, 2.75) is 103 Å². The van der Waals surface area contributed by atoms with Gasteiger partial charge in [0.05, 0.1) is 17.8 Å². The Bertz CT molecular complexity index is 797. The molecule has 0 bridgehead atoms. The Morgan fingerprint density at radius 3 is 2.47 bits per heavy atom. The van der Waals surface area contributed by atoms with Gasteiger partial charge in [0, 0.05) is 6.42 Å². The van der Waals surface area contributed by atoms with Crippen molar-refractivity contribution in [2.75, 3.05) is 0 Å². The number of hydrogen-bond acceptors (Lipinski definition) is 4. The van der Waals surface area contributed by atoms with E-state index in [4.69, 9.17) is 0 Å². The number of hydrogen-bond donors (Lipinski definition) is 4. The number of rotatable bonds is 5. The van der Waals surface area contributed by atoms with Crippen molar-refractivity contribution in [3.63, 3.8) is 0 Å². The smallest absolute Gasteiger partial charge is 0.108 e. The molecule has 0 radical (unpaired) electrons. The number of allylic oxidation sites excluding steroid dienone is 4. The zero-order valence-corrected chi connectivity index (χ0v) is 20.6. The molecule has 7 atom stereocenters. The van der Waals surface area contributed by atoms with E-state index in [-0.39, 0.29) is 5.41 Å². The second kappa shape index (κ2) is 9.21. The molecule has 0 spiro atoms. The molecular formula is C28H44O4. The molecule has 0 aliphatic heterocycles. The van der Waals surface area contributed by atoms with Crippen LogP contribution in [0.25, 0.3) is 0 Å². The molecule has 3 saturated carbocycles. The minimum atomic E-state index is -1.26. The summed E-state index contributed by atoms with van der Waals surface area (Å²) in [5, 5.41) is 41.1. The highest BCUT2D eigenvalue weighted by molar-refractivity contribution is 5.38. The minimum absolute atomic E-state index is 0.218. The maximum Gasteiger partial charge on any atom is 0.108 e. The van der Waals surface area contributed by atoms with E-state index in [9.17, 15) is 20.4 Å². The van der Waals surface area contributed by atoms with E-state index < -0.39 is 23.4 Å². The Morgan fingerprint density at radius 2 is 1.81 bits per heavy atom. The fraction of sp³-hybridized carbons (Fsp3) is 0.714. The molecule has 0 aromatic heterocycles. The largest absolute Gasteiger partial charge is 0.393 e. The molecule has 4 nitrogen and oxygen atoms in total. The molecular weight excluding hydrogens is 400 g/mol. The average molecular weight is 445 g/mol. The van der Waals surface area contributed by atoms with Crippen molar-refractivity contribution in [1.82, 2.24) is 0 Å². The first-order chi connectivity index (χ1) is 14.8. The van der Waals surface area contributed by atoms with Crippen molar-refractivity contribution < 1.29 is 20.4 Å². The van der Waals surface area contributed by atoms with E-state index in [2.05, 4.69) is 38.7 Å². The summed E-state index contributed by atoms with van der Waals surface area (Å²) in [7, 11) is 0. The standard InChI is InChI=1S/C28H44O4/c1-18(13-15-28(6,32)26(3,4)31)23-11-12-24-20(8-7-14-27(23,24)5)9-10-21-16-22(29)17-25(30)19(21)2/h9-10,13,15,18,22-25,29-32H,2,7-8,11-12,14,16-17H2,1,3-6H3/b15-13+,20-9-,21-10-/t18-,22-,23-,24+,25+,27-,28?/m1/s1. The Balaban J connectivity index is 1.78. The molecule has 0 aromatic carbocycles. The zero-order valence-electron chi connectivity index (χ0n) is 20.6. The lowest BCUT2D eigenvalue weighted by Gasteiger charge is -2.44. The lowest BCUT2D eigenvalue weighted by atomic mass is 9.61. The Kier molecular flexibility index (Phi) is 7.32. The van der Waals surface area contributed by atoms with Gasteiger partial charge < -0.3 is 20.4 Å². The summed E-state index contributed by atoms with van der Waals surface area (Å²) in [4.78, 5) is 0. The van der Waals surface area contributed by atoms with E-state index >= 15 is 0 Å². The van der Waals surface area contributed by atoms with E-state index in [1.165, 1.54) is 24.8 Å². The van der Waals surface area contributed by atoms with Crippen LogP contribution in [0.3, 0.4) is 0 Å². The predicted octanol–water partition coefficient (Wildman–Crippen LogP) is 4.84. The highest BCUT2D eigenvalue weighted by atomic mass is 16.3. The van der Waals surface area contributed by atoms with Crippen LogP contribution in [-0.2, 0) is 0 Å². The monoisotopic (exact) mass is 444 g/mol. The maximum absolute atomic E-state index is 10.6. The van der Waals surface area contributed by atoms with E-state index in [0.717, 1.165) is 24.0 Å². The van der Waals surface area contributed by atoms with Gasteiger partial charge in [0.2, 0.25) is 0 Å². The van der Waals surface area contributed by atoms with Crippen LogP contribution in [0.2, 0.25) is 0 Å². The summed E-state index contributed by atoms with van der Waals surface area (Å²) in [5.74, 6) is 1.39. The van der Waals surface area contributed by atoms with Crippen LogP contribution >= 0.6 is 0 Å². The molecule has 4 heteroatoms. The third-order valence-electron chi connectivity index (χ3n) is 8.90. The van der Waals surface area contributed by atoms with Gasteiger partial charge in [-0.05, 0) is 93.6 Å². The molecule has 3 aliphatic carbocycles. The first-order valence-corrected chi connectivity index (χ1v) is 12.4. The SMILES string of the molecule is C=C1/C(=C\C=C2\CCC[C@]3(C)[C@@H]([C@H](C)/C=C/C(C)(O)C(C)(C)O)CC[C@@H]23)C[C@@H](O)C[C@@H]1O. The second-order valence-electron chi connectivity index (χ2n) is 11.6. The maximum atomic E-state index is 10.6. The van der Waals surface area contributed by atoms with E-state index in [1.807, 2.05) is 0 Å². The topological polar surface area (TPSA) is 80.9 Å². The molecule has 32 heavy (non-hydrogen) atoms. The summed E-state index contributed by atoms with van der Waals surface area (Å²) in [6, 6.07) is 0. The molecule has 0 amide bonds. The van der Waals surface area contributed by atoms with Crippen molar-refractivity contribution >= 4 is 0 Å². The number of fused-ring (bicyclic) bond motifs is 1. The molecule has 0 heterocycles. The van der Waals surface area contributed by atoms with Gasteiger partial charge in [0.1, 0.15) is 5.60 Å². The normalized spacial score (nSPS) is 39.5. The lowest BCUT2D eigenvalue weighted by Crippen LogP contribution is -2.46. The molecule has 4 N–H and O–H groups in total. The highest BCUT2D eigenvalue weighted by Gasteiger charge is 2.50. The Labute approximate surface area is 194 Å². The number of aliphatic hydroxyl groups is 4. The fourth-order valence-electron chi connectivity index (χ4n) is 6.29. The van der Waals surface area contributed by atoms with Crippen molar-refractivity contribution in [1.29, 1.82) is 0 Å². The predicted molar refractivity (Wildman–Crippen MR) is 130 cm³/mol. The van der Waals surface area contributed by atoms with Crippen LogP contribution < -0.4 is 0 Å². The van der Waals surface area contributed by atoms with Crippen LogP contribution in [-0.4, -0.2) is 43.8 Å². The van der Waals surface area contributed by atoms with Crippen molar-refractivity contribution in [2.24, 2.45) is 23.2 Å². The molecule has 3 rings (SSSR count).